The summed E-state index contributed by atoms with van der Waals surface area (Å²) in [7, 11) is 0. The van der Waals surface area contributed by atoms with Crippen LogP contribution in [0.2, 0.25) is 0 Å². The first-order valence-electron chi connectivity index (χ1n) is 11.1. The van der Waals surface area contributed by atoms with Crippen molar-refractivity contribution in [2.75, 3.05) is 19.6 Å². The van der Waals surface area contributed by atoms with Gasteiger partial charge in [-0.1, -0.05) is 45.7 Å². The van der Waals surface area contributed by atoms with Gasteiger partial charge in [-0.15, -0.1) is 0 Å². The van der Waals surface area contributed by atoms with Crippen LogP contribution in [0.1, 0.15) is 64.9 Å². The molecular formula is C24H35FN2O2. The molecule has 2 aliphatic rings. The highest BCUT2D eigenvalue weighted by Crippen LogP contribution is 2.29. The van der Waals surface area contributed by atoms with Gasteiger partial charge in [0.15, 0.2) is 0 Å². The molecule has 3 rings (SSSR count). The summed E-state index contributed by atoms with van der Waals surface area (Å²) in [5, 5.41) is 0. The number of likely N-dealkylation sites (tertiary alicyclic amines) is 1. The van der Waals surface area contributed by atoms with Crippen LogP contribution in [0.5, 0.6) is 0 Å². The molecule has 0 N–H and O–H groups in total. The minimum atomic E-state index is -0.373. The van der Waals surface area contributed by atoms with Crippen molar-refractivity contribution in [2.45, 2.75) is 71.8 Å². The quantitative estimate of drug-likeness (QED) is 0.731. The third-order valence-corrected chi connectivity index (χ3v) is 6.38. The standard InChI is InChI=1S/C24H35FN2O2/c1-24(2,3)23(29)26-15-13-19(14-16-26)22(28)27(21-6-4-5-7-21)17-12-18-8-10-20(25)11-9-18/h8-11,19,21H,4-7,12-17H2,1-3H3. The first-order valence-corrected chi connectivity index (χ1v) is 11.1. The van der Waals surface area contributed by atoms with E-state index in [1.807, 2.05) is 37.8 Å². The van der Waals surface area contributed by atoms with Crippen LogP contribution in [0.25, 0.3) is 0 Å². The molecule has 4 nitrogen and oxygen atoms in total. The molecule has 1 aliphatic carbocycles. The third-order valence-electron chi connectivity index (χ3n) is 6.38. The number of hydrogen-bond acceptors (Lipinski definition) is 2. The zero-order valence-electron chi connectivity index (χ0n) is 18.1. The van der Waals surface area contributed by atoms with E-state index in [-0.39, 0.29) is 29.0 Å². The van der Waals surface area contributed by atoms with Crippen LogP contribution >= 0.6 is 0 Å². The number of halogens is 1. The normalized spacial score (nSPS) is 18.8. The lowest BCUT2D eigenvalue weighted by Gasteiger charge is -2.38. The fourth-order valence-electron chi connectivity index (χ4n) is 4.63. The van der Waals surface area contributed by atoms with Gasteiger partial charge in [0.1, 0.15) is 5.82 Å². The Hall–Kier alpha value is -1.91. The molecule has 1 aromatic rings. The van der Waals surface area contributed by atoms with Gasteiger partial charge in [-0.3, -0.25) is 9.59 Å². The minimum absolute atomic E-state index is 0.00726. The van der Waals surface area contributed by atoms with Crippen LogP contribution in [0.3, 0.4) is 0 Å². The summed E-state index contributed by atoms with van der Waals surface area (Å²) < 4.78 is 13.2. The number of piperidine rings is 1. The summed E-state index contributed by atoms with van der Waals surface area (Å²) >= 11 is 0. The number of amides is 2. The lowest BCUT2D eigenvalue weighted by molar-refractivity contribution is -0.145. The Bertz CT molecular complexity index is 697. The maximum Gasteiger partial charge on any atom is 0.227 e. The van der Waals surface area contributed by atoms with Crippen LogP contribution in [0.4, 0.5) is 4.39 Å². The average molecular weight is 403 g/mol. The monoisotopic (exact) mass is 402 g/mol. The molecule has 1 saturated carbocycles. The Morgan fingerprint density at radius 2 is 1.62 bits per heavy atom. The van der Waals surface area contributed by atoms with E-state index in [9.17, 15) is 14.0 Å². The fourth-order valence-corrected chi connectivity index (χ4v) is 4.63. The smallest absolute Gasteiger partial charge is 0.227 e. The van der Waals surface area contributed by atoms with E-state index in [1.165, 1.54) is 25.0 Å². The predicted molar refractivity (Wildman–Crippen MR) is 113 cm³/mol. The molecule has 2 fully saturated rings. The van der Waals surface area contributed by atoms with Crippen molar-refractivity contribution in [2.24, 2.45) is 11.3 Å². The minimum Gasteiger partial charge on any atom is -0.342 e. The maximum absolute atomic E-state index is 13.4. The Labute approximate surface area is 174 Å². The molecule has 1 saturated heterocycles. The number of rotatable bonds is 5. The lowest BCUT2D eigenvalue weighted by atomic mass is 9.90. The topological polar surface area (TPSA) is 40.6 Å². The largest absolute Gasteiger partial charge is 0.342 e. The molecular weight excluding hydrogens is 367 g/mol. The highest BCUT2D eigenvalue weighted by molar-refractivity contribution is 5.83. The molecule has 0 bridgehead atoms. The van der Waals surface area contributed by atoms with Crippen molar-refractivity contribution in [1.82, 2.24) is 9.80 Å². The van der Waals surface area contributed by atoms with E-state index < -0.39 is 0 Å². The second kappa shape index (κ2) is 9.27. The Morgan fingerprint density at radius 3 is 2.17 bits per heavy atom. The van der Waals surface area contributed by atoms with Gasteiger partial charge < -0.3 is 9.80 Å². The van der Waals surface area contributed by atoms with Gasteiger partial charge in [0.05, 0.1) is 0 Å². The zero-order chi connectivity index (χ0) is 21.0. The van der Waals surface area contributed by atoms with Crippen molar-refractivity contribution < 1.29 is 14.0 Å². The number of benzene rings is 1. The van der Waals surface area contributed by atoms with Crippen LogP contribution in [0.15, 0.2) is 24.3 Å². The van der Waals surface area contributed by atoms with Gasteiger partial charge in [0.25, 0.3) is 0 Å². The lowest BCUT2D eigenvalue weighted by Crippen LogP contribution is -2.49. The van der Waals surface area contributed by atoms with Crippen molar-refractivity contribution >= 4 is 11.8 Å². The zero-order valence-corrected chi connectivity index (χ0v) is 18.1. The molecule has 0 atom stereocenters. The molecule has 1 aromatic carbocycles. The summed E-state index contributed by atoms with van der Waals surface area (Å²) in [5.74, 6) is 0.205. The second-order valence-corrected chi connectivity index (χ2v) is 9.66. The molecule has 1 heterocycles. The second-order valence-electron chi connectivity index (χ2n) is 9.66. The van der Waals surface area contributed by atoms with Crippen molar-refractivity contribution in [3.63, 3.8) is 0 Å². The highest BCUT2D eigenvalue weighted by atomic mass is 19.1. The molecule has 160 valence electrons. The van der Waals surface area contributed by atoms with Crippen LogP contribution < -0.4 is 0 Å². The van der Waals surface area contributed by atoms with Crippen LogP contribution in [-0.2, 0) is 16.0 Å². The van der Waals surface area contributed by atoms with E-state index in [4.69, 9.17) is 0 Å². The molecule has 5 heteroatoms. The molecule has 29 heavy (non-hydrogen) atoms. The fraction of sp³-hybridized carbons (Fsp3) is 0.667. The number of nitrogens with zero attached hydrogens (tertiary/aromatic N) is 2. The van der Waals surface area contributed by atoms with Gasteiger partial charge in [-0.05, 0) is 49.8 Å². The number of hydrogen-bond donors (Lipinski definition) is 0. The van der Waals surface area contributed by atoms with E-state index >= 15 is 0 Å². The average Bonchev–Trinajstić information content (AvgIpc) is 3.23. The van der Waals surface area contributed by atoms with Gasteiger partial charge in [-0.25, -0.2) is 4.39 Å². The summed E-state index contributed by atoms with van der Waals surface area (Å²) in [6.07, 6.45) is 6.78. The van der Waals surface area contributed by atoms with Gasteiger partial charge in [0.2, 0.25) is 11.8 Å². The summed E-state index contributed by atoms with van der Waals surface area (Å²) in [4.78, 5) is 29.9. The van der Waals surface area contributed by atoms with Gasteiger partial charge in [-0.2, -0.15) is 0 Å². The molecule has 0 aromatic heterocycles. The maximum atomic E-state index is 13.4. The SMILES string of the molecule is CC(C)(C)C(=O)N1CCC(C(=O)N(CCc2ccc(F)cc2)C2CCCC2)CC1. The third kappa shape index (κ3) is 5.58. The van der Waals surface area contributed by atoms with Crippen LogP contribution in [-0.4, -0.2) is 47.3 Å². The van der Waals surface area contributed by atoms with E-state index in [1.54, 1.807) is 0 Å². The molecule has 0 spiro atoms. The van der Waals surface area contributed by atoms with Gasteiger partial charge >= 0.3 is 0 Å². The highest BCUT2D eigenvalue weighted by Gasteiger charge is 2.36. The predicted octanol–water partition coefficient (Wildman–Crippen LogP) is 4.42. The Balaban J connectivity index is 1.61. The molecule has 1 aliphatic heterocycles. The Kier molecular flexibility index (Phi) is 6.97. The van der Waals surface area contributed by atoms with Crippen molar-refractivity contribution in [1.29, 1.82) is 0 Å². The molecule has 0 radical (unpaired) electrons. The van der Waals surface area contributed by atoms with E-state index in [0.717, 1.165) is 37.7 Å². The Morgan fingerprint density at radius 1 is 1.03 bits per heavy atom. The van der Waals surface area contributed by atoms with Crippen LogP contribution in [0, 0.1) is 17.2 Å². The van der Waals surface area contributed by atoms with Crippen molar-refractivity contribution in [3.8, 4) is 0 Å². The first kappa shape index (κ1) is 21.8. The molecule has 0 unspecified atom stereocenters. The van der Waals surface area contributed by atoms with Crippen molar-refractivity contribution in [3.05, 3.63) is 35.6 Å². The summed E-state index contributed by atoms with van der Waals surface area (Å²) in [6.45, 7) is 7.87. The number of carbonyl (C=O) groups is 2. The van der Waals surface area contributed by atoms with E-state index in [2.05, 4.69) is 4.90 Å². The summed E-state index contributed by atoms with van der Waals surface area (Å²) in [5.41, 5.74) is 0.690. The molecule has 2 amide bonds. The number of carbonyl (C=O) groups excluding carboxylic acids is 2. The summed E-state index contributed by atoms with van der Waals surface area (Å²) in [6, 6.07) is 6.92. The van der Waals surface area contributed by atoms with Gasteiger partial charge in [0, 0.05) is 37.0 Å². The van der Waals surface area contributed by atoms with E-state index in [0.29, 0.717) is 25.7 Å². The first-order chi connectivity index (χ1) is 13.8.